The highest BCUT2D eigenvalue weighted by Crippen LogP contribution is 2.17. The first-order valence-electron chi connectivity index (χ1n) is 9.50. The maximum absolute atomic E-state index is 6.22. The van der Waals surface area contributed by atoms with Crippen LogP contribution in [0.3, 0.4) is 0 Å². The lowest BCUT2D eigenvalue weighted by Gasteiger charge is -2.07. The number of aromatic nitrogens is 4. The predicted octanol–water partition coefficient (Wildman–Crippen LogP) is 4.95. The first kappa shape index (κ1) is 20.1. The zero-order valence-corrected chi connectivity index (χ0v) is 18.0. The Morgan fingerprint density at radius 3 is 2.47 bits per heavy atom. The lowest BCUT2D eigenvalue weighted by molar-refractivity contribution is 0.668. The van der Waals surface area contributed by atoms with Crippen molar-refractivity contribution < 1.29 is 0 Å². The van der Waals surface area contributed by atoms with Crippen molar-refractivity contribution in [1.29, 1.82) is 0 Å². The van der Waals surface area contributed by atoms with Crippen LogP contribution in [-0.4, -0.2) is 24.7 Å². The summed E-state index contributed by atoms with van der Waals surface area (Å²) in [5, 5.41) is 16.5. The van der Waals surface area contributed by atoms with E-state index < -0.39 is 0 Å². The molecule has 2 heterocycles. The van der Waals surface area contributed by atoms with E-state index in [2.05, 4.69) is 33.0 Å². The van der Waals surface area contributed by atoms with Gasteiger partial charge in [0.25, 0.3) is 0 Å². The van der Waals surface area contributed by atoms with Gasteiger partial charge >= 0.3 is 0 Å². The molecule has 2 N–H and O–H groups in total. The van der Waals surface area contributed by atoms with E-state index in [1.54, 1.807) is 0 Å². The third-order valence-electron chi connectivity index (χ3n) is 4.57. The Balaban J connectivity index is 1.36. The fraction of sp³-hybridized carbons (Fsp3) is 0.136. The highest BCUT2D eigenvalue weighted by Gasteiger charge is 2.08. The molecule has 0 atom stereocenters. The van der Waals surface area contributed by atoms with E-state index in [1.807, 2.05) is 77.1 Å². The molecule has 8 heteroatoms. The molecule has 6 nitrogen and oxygen atoms in total. The van der Waals surface area contributed by atoms with Crippen molar-refractivity contribution >= 4 is 40.6 Å². The summed E-state index contributed by atoms with van der Waals surface area (Å²) < 4.78 is 3.75. The number of hydrogen-bond acceptors (Lipinski definition) is 3. The van der Waals surface area contributed by atoms with Gasteiger partial charge in [-0.05, 0) is 36.3 Å². The molecule has 152 valence electrons. The molecule has 0 saturated heterocycles. The van der Waals surface area contributed by atoms with Crippen LogP contribution in [0, 0.1) is 6.92 Å². The minimum absolute atomic E-state index is 0.433. The van der Waals surface area contributed by atoms with Crippen LogP contribution in [0.15, 0.2) is 72.9 Å². The number of hydrogen-bond donors (Lipinski definition) is 2. The molecule has 2 aromatic carbocycles. The van der Waals surface area contributed by atoms with Crippen molar-refractivity contribution in [3.63, 3.8) is 0 Å². The fourth-order valence-electron chi connectivity index (χ4n) is 3.07. The van der Waals surface area contributed by atoms with E-state index in [0.29, 0.717) is 29.8 Å². The van der Waals surface area contributed by atoms with Gasteiger partial charge in [-0.1, -0.05) is 60.1 Å². The van der Waals surface area contributed by atoms with Gasteiger partial charge in [0.05, 0.1) is 13.1 Å². The summed E-state index contributed by atoms with van der Waals surface area (Å²) in [4.78, 5) is 0. The van der Waals surface area contributed by atoms with Crippen LogP contribution >= 0.6 is 23.8 Å². The zero-order valence-electron chi connectivity index (χ0n) is 16.4. The van der Waals surface area contributed by atoms with Crippen LogP contribution in [-0.2, 0) is 13.1 Å². The molecule has 0 aliphatic rings. The molecule has 0 aliphatic heterocycles. The Bertz CT molecular complexity index is 1150. The van der Waals surface area contributed by atoms with Gasteiger partial charge in [-0.15, -0.1) is 0 Å². The second kappa shape index (κ2) is 9.11. The molecule has 0 saturated carbocycles. The smallest absolute Gasteiger partial charge is 0.177 e. The van der Waals surface area contributed by atoms with Crippen LogP contribution in [0.4, 0.5) is 11.6 Å². The molecule has 2 aromatic heterocycles. The molecule has 0 unspecified atom stereocenters. The molecule has 30 heavy (non-hydrogen) atoms. The molecular weight excluding hydrogens is 416 g/mol. The summed E-state index contributed by atoms with van der Waals surface area (Å²) in [6.07, 6.45) is 1.88. The monoisotopic (exact) mass is 436 g/mol. The maximum Gasteiger partial charge on any atom is 0.177 e. The van der Waals surface area contributed by atoms with Gasteiger partial charge in [0.15, 0.2) is 16.7 Å². The van der Waals surface area contributed by atoms with Gasteiger partial charge in [0.2, 0.25) is 0 Å². The summed E-state index contributed by atoms with van der Waals surface area (Å²) in [5.41, 5.74) is 3.25. The van der Waals surface area contributed by atoms with E-state index in [1.165, 1.54) is 5.56 Å². The van der Waals surface area contributed by atoms with Crippen LogP contribution < -0.4 is 10.6 Å². The molecule has 0 spiro atoms. The molecule has 0 amide bonds. The van der Waals surface area contributed by atoms with Crippen LogP contribution in [0.1, 0.15) is 16.8 Å². The third kappa shape index (κ3) is 5.06. The second-order valence-corrected chi connectivity index (χ2v) is 7.70. The Kier molecular flexibility index (Phi) is 6.11. The maximum atomic E-state index is 6.22. The minimum Gasteiger partial charge on any atom is -0.316 e. The van der Waals surface area contributed by atoms with Crippen LogP contribution in [0.2, 0.25) is 5.02 Å². The van der Waals surface area contributed by atoms with Crippen molar-refractivity contribution in [1.82, 2.24) is 19.6 Å². The average molecular weight is 437 g/mol. The van der Waals surface area contributed by atoms with Gasteiger partial charge in [0.1, 0.15) is 0 Å². The molecule has 0 bridgehead atoms. The summed E-state index contributed by atoms with van der Waals surface area (Å²) in [6.45, 7) is 3.32. The molecular formula is C22H21ClN6S. The van der Waals surface area contributed by atoms with Crippen LogP contribution in [0.5, 0.6) is 0 Å². The number of anilines is 2. The minimum atomic E-state index is 0.433. The van der Waals surface area contributed by atoms with Gasteiger partial charge in [-0.25, -0.2) is 0 Å². The van der Waals surface area contributed by atoms with Crippen molar-refractivity contribution in [2.24, 2.45) is 0 Å². The Labute approximate surface area is 185 Å². The zero-order chi connectivity index (χ0) is 20.9. The number of halogens is 1. The Hall–Kier alpha value is -3.16. The molecule has 4 aromatic rings. The van der Waals surface area contributed by atoms with Gasteiger partial charge in [-0.3, -0.25) is 9.36 Å². The van der Waals surface area contributed by atoms with E-state index >= 15 is 0 Å². The number of benzene rings is 2. The van der Waals surface area contributed by atoms with E-state index in [4.69, 9.17) is 23.8 Å². The number of aryl methyl sites for hydroxylation is 1. The van der Waals surface area contributed by atoms with Crippen LogP contribution in [0.25, 0.3) is 0 Å². The SMILES string of the molecule is Cc1cc(NC(=S)Nc2ccn(Cc3ccccc3Cl)n2)nn1Cc1ccccc1. The number of nitrogens with zero attached hydrogens (tertiary/aromatic N) is 4. The van der Waals surface area contributed by atoms with E-state index in [9.17, 15) is 0 Å². The van der Waals surface area contributed by atoms with E-state index in [-0.39, 0.29) is 0 Å². The van der Waals surface area contributed by atoms with Gasteiger partial charge in [-0.2, -0.15) is 10.2 Å². The fourth-order valence-corrected chi connectivity index (χ4v) is 3.47. The molecule has 0 fully saturated rings. The van der Waals surface area contributed by atoms with Crippen molar-refractivity contribution in [3.05, 3.63) is 94.8 Å². The van der Waals surface area contributed by atoms with Gasteiger partial charge < -0.3 is 10.6 Å². The van der Waals surface area contributed by atoms with Crippen molar-refractivity contribution in [3.8, 4) is 0 Å². The highest BCUT2D eigenvalue weighted by atomic mass is 35.5. The predicted molar refractivity (Wildman–Crippen MR) is 125 cm³/mol. The average Bonchev–Trinajstić information content (AvgIpc) is 3.30. The lowest BCUT2D eigenvalue weighted by atomic mass is 10.2. The van der Waals surface area contributed by atoms with Crippen molar-refractivity contribution in [2.45, 2.75) is 20.0 Å². The Morgan fingerprint density at radius 1 is 0.933 bits per heavy atom. The molecule has 4 rings (SSSR count). The van der Waals surface area contributed by atoms with E-state index in [0.717, 1.165) is 16.3 Å². The third-order valence-corrected chi connectivity index (χ3v) is 5.14. The lowest BCUT2D eigenvalue weighted by Crippen LogP contribution is -2.20. The standard InChI is InChI=1S/C22H21ClN6S/c1-16-13-21(27-29(16)14-17-7-3-2-4-8-17)25-22(30)24-20-11-12-28(26-20)15-18-9-5-6-10-19(18)23/h2-13H,14-15H2,1H3,(H2,24,25,26,27,30). The quantitative estimate of drug-likeness (QED) is 0.419. The summed E-state index contributed by atoms with van der Waals surface area (Å²) in [5.74, 6) is 1.34. The van der Waals surface area contributed by atoms with Crippen molar-refractivity contribution in [2.75, 3.05) is 10.6 Å². The second-order valence-electron chi connectivity index (χ2n) is 6.88. The Morgan fingerprint density at radius 2 is 1.67 bits per heavy atom. The topological polar surface area (TPSA) is 59.7 Å². The summed E-state index contributed by atoms with van der Waals surface area (Å²) in [6, 6.07) is 21.8. The first-order chi connectivity index (χ1) is 14.6. The number of thiocarbonyl (C=S) groups is 1. The molecule has 0 radical (unpaired) electrons. The summed E-state index contributed by atoms with van der Waals surface area (Å²) in [7, 11) is 0. The molecule has 0 aliphatic carbocycles. The first-order valence-corrected chi connectivity index (χ1v) is 10.3. The number of rotatable bonds is 6. The largest absolute Gasteiger partial charge is 0.316 e. The highest BCUT2D eigenvalue weighted by molar-refractivity contribution is 7.80. The summed E-state index contributed by atoms with van der Waals surface area (Å²) >= 11 is 11.6. The normalized spacial score (nSPS) is 10.7. The van der Waals surface area contributed by atoms with Gasteiger partial charge in [0, 0.05) is 29.0 Å². The number of nitrogens with one attached hydrogen (secondary N) is 2.